The fraction of sp³-hybridized carbons (Fsp3) is 0.615. The van der Waals surface area contributed by atoms with E-state index in [1.165, 1.54) is 16.6 Å². The highest BCUT2D eigenvalue weighted by Gasteiger charge is 2.30. The molecule has 6 nitrogen and oxygen atoms in total. The Morgan fingerprint density at radius 1 is 1.40 bits per heavy atom. The molecular formula is C13H22N4O2S. The number of piperidine rings is 1. The van der Waals surface area contributed by atoms with Gasteiger partial charge in [-0.2, -0.15) is 4.31 Å². The molecule has 20 heavy (non-hydrogen) atoms. The van der Waals surface area contributed by atoms with Crippen LogP contribution in [0.4, 0.5) is 5.82 Å². The van der Waals surface area contributed by atoms with Crippen LogP contribution in [0.2, 0.25) is 0 Å². The van der Waals surface area contributed by atoms with Gasteiger partial charge in [0.15, 0.2) is 0 Å². The minimum absolute atomic E-state index is 0.0721. The van der Waals surface area contributed by atoms with Crippen molar-refractivity contribution in [1.82, 2.24) is 14.2 Å². The average Bonchev–Trinajstić information content (AvgIpc) is 2.39. The van der Waals surface area contributed by atoms with E-state index in [1.807, 2.05) is 14.1 Å². The van der Waals surface area contributed by atoms with Crippen LogP contribution >= 0.6 is 0 Å². The van der Waals surface area contributed by atoms with Gasteiger partial charge < -0.3 is 10.6 Å². The second-order valence-electron chi connectivity index (χ2n) is 5.50. The van der Waals surface area contributed by atoms with E-state index in [2.05, 4.69) is 9.88 Å². The molecule has 112 valence electrons. The van der Waals surface area contributed by atoms with E-state index < -0.39 is 10.0 Å². The van der Waals surface area contributed by atoms with Gasteiger partial charge in [-0.15, -0.1) is 0 Å². The summed E-state index contributed by atoms with van der Waals surface area (Å²) in [5.41, 5.74) is 5.68. The standard InChI is InChI=1S/C13H22N4O2S/c1-16(2)10-11-5-8-17(9-6-11)20(18,19)12-4-3-7-15-13(12)14/h3-4,7,11H,5-6,8-10H2,1-2H3,(H2,14,15). The number of aromatic nitrogens is 1. The molecule has 0 spiro atoms. The van der Waals surface area contributed by atoms with Crippen molar-refractivity contribution >= 4 is 15.8 Å². The van der Waals surface area contributed by atoms with Crippen molar-refractivity contribution in [2.45, 2.75) is 17.7 Å². The number of hydrogen-bond donors (Lipinski definition) is 1. The van der Waals surface area contributed by atoms with Gasteiger partial charge in [-0.25, -0.2) is 13.4 Å². The van der Waals surface area contributed by atoms with Gasteiger partial charge >= 0.3 is 0 Å². The molecule has 0 radical (unpaired) electrons. The molecule has 1 saturated heterocycles. The second kappa shape index (κ2) is 6.07. The lowest BCUT2D eigenvalue weighted by atomic mass is 9.98. The molecule has 1 aromatic rings. The summed E-state index contributed by atoms with van der Waals surface area (Å²) in [7, 11) is 0.570. The van der Waals surface area contributed by atoms with E-state index >= 15 is 0 Å². The van der Waals surface area contributed by atoms with Crippen LogP contribution in [0.5, 0.6) is 0 Å². The zero-order valence-corrected chi connectivity index (χ0v) is 12.8. The molecule has 0 bridgehead atoms. The highest BCUT2D eigenvalue weighted by Crippen LogP contribution is 2.25. The average molecular weight is 298 g/mol. The summed E-state index contributed by atoms with van der Waals surface area (Å²) in [6, 6.07) is 3.12. The molecule has 2 N–H and O–H groups in total. The van der Waals surface area contributed by atoms with Crippen molar-refractivity contribution in [1.29, 1.82) is 0 Å². The summed E-state index contributed by atoms with van der Waals surface area (Å²) in [6.07, 6.45) is 3.27. The van der Waals surface area contributed by atoms with Crippen molar-refractivity contribution in [2.24, 2.45) is 5.92 Å². The summed E-state index contributed by atoms with van der Waals surface area (Å²) < 4.78 is 26.6. The van der Waals surface area contributed by atoms with Crippen molar-refractivity contribution in [3.63, 3.8) is 0 Å². The number of nitrogen functional groups attached to an aromatic ring is 1. The number of anilines is 1. The van der Waals surface area contributed by atoms with Gasteiger partial charge in [0.05, 0.1) is 0 Å². The molecule has 2 rings (SSSR count). The first-order valence-corrected chi connectivity index (χ1v) is 8.20. The predicted octanol–water partition coefficient (Wildman–Crippen LogP) is 0.626. The summed E-state index contributed by atoms with van der Waals surface area (Å²) >= 11 is 0. The molecule has 0 aromatic carbocycles. The molecule has 7 heteroatoms. The number of hydrogen-bond acceptors (Lipinski definition) is 5. The normalized spacial score (nSPS) is 18.6. The van der Waals surface area contributed by atoms with Crippen LogP contribution in [0.3, 0.4) is 0 Å². The Bertz CT molecular complexity index is 551. The third-order valence-electron chi connectivity index (χ3n) is 3.61. The summed E-state index contributed by atoms with van der Waals surface area (Å²) in [5.74, 6) is 0.630. The maximum Gasteiger partial charge on any atom is 0.246 e. The molecule has 0 aliphatic carbocycles. The molecule has 1 aromatic heterocycles. The Balaban J connectivity index is 2.08. The lowest BCUT2D eigenvalue weighted by molar-refractivity contribution is 0.225. The Morgan fingerprint density at radius 3 is 2.60 bits per heavy atom. The summed E-state index contributed by atoms with van der Waals surface area (Å²) in [5, 5.41) is 0. The zero-order valence-electron chi connectivity index (χ0n) is 12.0. The van der Waals surface area contributed by atoms with Gasteiger partial charge in [-0.3, -0.25) is 0 Å². The van der Waals surface area contributed by atoms with Crippen LogP contribution in [-0.2, 0) is 10.0 Å². The SMILES string of the molecule is CN(C)CC1CCN(S(=O)(=O)c2cccnc2N)CC1. The van der Waals surface area contributed by atoms with E-state index in [1.54, 1.807) is 6.07 Å². The molecular weight excluding hydrogens is 276 g/mol. The molecule has 0 amide bonds. The lowest BCUT2D eigenvalue weighted by Crippen LogP contribution is -2.40. The molecule has 0 unspecified atom stereocenters. The lowest BCUT2D eigenvalue weighted by Gasteiger charge is -2.32. The fourth-order valence-corrected chi connectivity index (χ4v) is 4.15. The van der Waals surface area contributed by atoms with E-state index in [9.17, 15) is 8.42 Å². The van der Waals surface area contributed by atoms with Crippen LogP contribution in [0, 0.1) is 5.92 Å². The molecule has 1 fully saturated rings. The molecule has 0 saturated carbocycles. The smallest absolute Gasteiger partial charge is 0.246 e. The van der Waals surface area contributed by atoms with Gasteiger partial charge in [-0.05, 0) is 45.0 Å². The van der Waals surface area contributed by atoms with Crippen LogP contribution in [0.1, 0.15) is 12.8 Å². The van der Waals surface area contributed by atoms with E-state index in [4.69, 9.17) is 5.73 Å². The van der Waals surface area contributed by atoms with Gasteiger partial charge in [0.2, 0.25) is 10.0 Å². The van der Waals surface area contributed by atoms with Gasteiger partial charge in [0, 0.05) is 25.8 Å². The highest BCUT2D eigenvalue weighted by molar-refractivity contribution is 7.89. The highest BCUT2D eigenvalue weighted by atomic mass is 32.2. The molecule has 2 heterocycles. The maximum atomic E-state index is 12.5. The number of nitrogens with zero attached hydrogens (tertiary/aromatic N) is 3. The quantitative estimate of drug-likeness (QED) is 0.882. The zero-order chi connectivity index (χ0) is 14.8. The Labute approximate surface area is 120 Å². The maximum absolute atomic E-state index is 12.5. The Kier molecular flexibility index (Phi) is 4.62. The molecule has 1 aliphatic heterocycles. The number of nitrogens with two attached hydrogens (primary N) is 1. The third-order valence-corrected chi connectivity index (χ3v) is 5.56. The van der Waals surface area contributed by atoms with Gasteiger partial charge in [0.1, 0.15) is 10.7 Å². The first-order valence-electron chi connectivity index (χ1n) is 6.76. The Hall–Kier alpha value is -1.18. The van der Waals surface area contributed by atoms with Crippen LogP contribution in [0.25, 0.3) is 0 Å². The number of sulfonamides is 1. The Morgan fingerprint density at radius 2 is 2.05 bits per heavy atom. The van der Waals surface area contributed by atoms with Crippen LogP contribution in [-0.4, -0.2) is 56.3 Å². The van der Waals surface area contributed by atoms with E-state index in [-0.39, 0.29) is 10.7 Å². The molecule has 0 atom stereocenters. The monoisotopic (exact) mass is 298 g/mol. The minimum Gasteiger partial charge on any atom is -0.383 e. The largest absolute Gasteiger partial charge is 0.383 e. The first kappa shape index (κ1) is 15.2. The fourth-order valence-electron chi connectivity index (χ4n) is 2.61. The third kappa shape index (κ3) is 3.28. The van der Waals surface area contributed by atoms with Gasteiger partial charge in [0.25, 0.3) is 0 Å². The van der Waals surface area contributed by atoms with Gasteiger partial charge in [-0.1, -0.05) is 0 Å². The summed E-state index contributed by atoms with van der Waals surface area (Å²) in [4.78, 5) is 6.12. The van der Waals surface area contributed by atoms with Crippen molar-refractivity contribution in [3.05, 3.63) is 18.3 Å². The van der Waals surface area contributed by atoms with Crippen molar-refractivity contribution < 1.29 is 8.42 Å². The van der Waals surface area contributed by atoms with E-state index in [0.717, 1.165) is 19.4 Å². The minimum atomic E-state index is -3.51. The second-order valence-corrected chi connectivity index (χ2v) is 7.40. The molecule has 1 aliphatic rings. The van der Waals surface area contributed by atoms with E-state index in [0.29, 0.717) is 19.0 Å². The number of pyridine rings is 1. The first-order chi connectivity index (χ1) is 9.41. The van der Waals surface area contributed by atoms with Crippen molar-refractivity contribution in [3.8, 4) is 0 Å². The van der Waals surface area contributed by atoms with Crippen LogP contribution in [0.15, 0.2) is 23.2 Å². The summed E-state index contributed by atoms with van der Waals surface area (Å²) in [6.45, 7) is 2.10. The predicted molar refractivity (Wildman–Crippen MR) is 78.7 cm³/mol. The van der Waals surface area contributed by atoms with Crippen molar-refractivity contribution in [2.75, 3.05) is 39.5 Å². The van der Waals surface area contributed by atoms with Crippen LogP contribution < -0.4 is 5.73 Å². The number of rotatable bonds is 4. The topological polar surface area (TPSA) is 79.5 Å².